The second-order valence-electron chi connectivity index (χ2n) is 8.98. The first-order valence-electron chi connectivity index (χ1n) is 11.6. The number of nitrogens with zero attached hydrogens (tertiary/aromatic N) is 1. The Kier molecular flexibility index (Phi) is 6.89. The van der Waals surface area contributed by atoms with Crippen LogP contribution in [0.1, 0.15) is 17.9 Å². The number of ether oxygens (including phenoxy) is 2. The van der Waals surface area contributed by atoms with Crippen molar-refractivity contribution in [1.82, 2.24) is 10.6 Å². The molecule has 1 unspecified atom stereocenters. The van der Waals surface area contributed by atoms with Crippen molar-refractivity contribution in [3.05, 3.63) is 82.3 Å². The highest BCUT2D eigenvalue weighted by Crippen LogP contribution is 2.53. The summed E-state index contributed by atoms with van der Waals surface area (Å²) in [4.78, 5) is 28.0. The normalized spacial score (nSPS) is 19.5. The number of likely N-dealkylation sites (N-methyl/N-ethyl adjacent to an activating group) is 1. The van der Waals surface area contributed by atoms with E-state index < -0.39 is 27.3 Å². The first-order chi connectivity index (χ1) is 18.1. The standard InChI is InChI=1S/C26H23Cl2N3O6S/c1-31(17-10-11-21-22(12-17)37-15-36-21)24(32)26(13-18(26)16-6-3-2-4-7-16)30-25(33)29-14-38(34,35)23-19(27)8-5-9-20(23)28/h2-12,18H,13-15H2,1H3,(H2,29,30,33)/t18-,26?/m1/s1. The molecule has 3 aromatic carbocycles. The van der Waals surface area contributed by atoms with E-state index in [1.165, 1.54) is 23.1 Å². The van der Waals surface area contributed by atoms with Gasteiger partial charge in [-0.1, -0.05) is 59.6 Å². The van der Waals surface area contributed by atoms with Crippen molar-refractivity contribution in [3.63, 3.8) is 0 Å². The minimum absolute atomic E-state index is 0.0527. The summed E-state index contributed by atoms with van der Waals surface area (Å²) in [5.74, 6) is -0.345. The molecule has 5 rings (SSSR count). The average molecular weight is 576 g/mol. The highest BCUT2D eigenvalue weighted by molar-refractivity contribution is 7.91. The number of carbonyl (C=O) groups excluding carboxylic acids is 2. The van der Waals surface area contributed by atoms with Crippen LogP contribution in [0, 0.1) is 0 Å². The zero-order valence-electron chi connectivity index (χ0n) is 20.1. The van der Waals surface area contributed by atoms with Gasteiger partial charge in [-0.3, -0.25) is 4.79 Å². The van der Waals surface area contributed by atoms with Gasteiger partial charge in [0.05, 0.1) is 10.0 Å². The summed E-state index contributed by atoms with van der Waals surface area (Å²) in [6.07, 6.45) is 0.335. The van der Waals surface area contributed by atoms with Gasteiger partial charge in [-0.2, -0.15) is 0 Å². The first kappa shape index (κ1) is 26.1. The third-order valence-corrected chi connectivity index (χ3v) is 9.02. The van der Waals surface area contributed by atoms with Crippen LogP contribution in [0.15, 0.2) is 71.6 Å². The third kappa shape index (κ3) is 4.87. The second kappa shape index (κ2) is 10.0. The molecule has 1 heterocycles. The number of hydrogen-bond donors (Lipinski definition) is 2. The highest BCUT2D eigenvalue weighted by Gasteiger charge is 2.62. The third-order valence-electron chi connectivity index (χ3n) is 6.58. The van der Waals surface area contributed by atoms with Gasteiger partial charge in [0, 0.05) is 24.7 Å². The molecule has 38 heavy (non-hydrogen) atoms. The van der Waals surface area contributed by atoms with Crippen molar-refractivity contribution in [1.29, 1.82) is 0 Å². The van der Waals surface area contributed by atoms with E-state index in [4.69, 9.17) is 32.7 Å². The maximum absolute atomic E-state index is 13.8. The van der Waals surface area contributed by atoms with Crippen LogP contribution in [-0.4, -0.2) is 45.6 Å². The molecule has 2 aliphatic rings. The topological polar surface area (TPSA) is 114 Å². The molecule has 0 aromatic heterocycles. The maximum Gasteiger partial charge on any atom is 0.316 e. The summed E-state index contributed by atoms with van der Waals surface area (Å²) in [7, 11) is -2.46. The van der Waals surface area contributed by atoms with Crippen LogP contribution in [0.5, 0.6) is 11.5 Å². The molecular formula is C26H23Cl2N3O6S. The summed E-state index contributed by atoms with van der Waals surface area (Å²) in [5, 5.41) is 4.99. The molecule has 1 fully saturated rings. The van der Waals surface area contributed by atoms with Gasteiger partial charge in [-0.05, 0) is 36.2 Å². The number of hydrogen-bond acceptors (Lipinski definition) is 6. The molecule has 2 atom stereocenters. The minimum atomic E-state index is -4.06. The Morgan fingerprint density at radius 2 is 1.68 bits per heavy atom. The van der Waals surface area contributed by atoms with Gasteiger partial charge in [0.15, 0.2) is 21.3 Å². The summed E-state index contributed by atoms with van der Waals surface area (Å²) in [6.45, 7) is 0.0977. The molecule has 1 saturated carbocycles. The molecule has 3 aromatic rings. The Hall–Kier alpha value is -3.47. The Morgan fingerprint density at radius 1 is 1.00 bits per heavy atom. The van der Waals surface area contributed by atoms with Gasteiger partial charge in [0.2, 0.25) is 6.79 Å². The number of sulfone groups is 1. The minimum Gasteiger partial charge on any atom is -0.454 e. The predicted molar refractivity (Wildman–Crippen MR) is 143 cm³/mol. The molecule has 0 bridgehead atoms. The molecule has 198 valence electrons. The number of nitrogens with one attached hydrogen (secondary N) is 2. The quantitative estimate of drug-likeness (QED) is 0.433. The van der Waals surface area contributed by atoms with Crippen LogP contribution < -0.4 is 25.0 Å². The van der Waals surface area contributed by atoms with Gasteiger partial charge in [0.1, 0.15) is 16.3 Å². The lowest BCUT2D eigenvalue weighted by Gasteiger charge is -2.26. The molecule has 12 heteroatoms. The molecular weight excluding hydrogens is 553 g/mol. The van der Waals surface area contributed by atoms with Gasteiger partial charge < -0.3 is 25.0 Å². The molecule has 0 saturated heterocycles. The van der Waals surface area contributed by atoms with Crippen molar-refractivity contribution in [2.24, 2.45) is 0 Å². The fourth-order valence-electron chi connectivity index (χ4n) is 4.55. The van der Waals surface area contributed by atoms with E-state index >= 15 is 0 Å². The smallest absolute Gasteiger partial charge is 0.316 e. The van der Waals surface area contributed by atoms with E-state index in [2.05, 4.69) is 10.6 Å². The number of halogens is 2. The lowest BCUT2D eigenvalue weighted by atomic mass is 10.0. The fourth-order valence-corrected chi connectivity index (χ4v) is 6.85. The first-order valence-corrected chi connectivity index (χ1v) is 14.0. The summed E-state index contributed by atoms with van der Waals surface area (Å²) in [5.41, 5.74) is 0.133. The van der Waals surface area contributed by atoms with Crippen LogP contribution in [0.25, 0.3) is 0 Å². The second-order valence-corrected chi connectivity index (χ2v) is 11.7. The van der Waals surface area contributed by atoms with Crippen molar-refractivity contribution < 1.29 is 27.5 Å². The summed E-state index contributed by atoms with van der Waals surface area (Å²) in [6, 6.07) is 17.9. The van der Waals surface area contributed by atoms with Crippen molar-refractivity contribution in [2.75, 3.05) is 24.6 Å². The largest absolute Gasteiger partial charge is 0.454 e. The van der Waals surface area contributed by atoms with E-state index in [1.54, 1.807) is 25.2 Å². The SMILES string of the molecule is CN(C(=O)C1(NC(=O)NCS(=O)(=O)c2c(Cl)cccc2Cl)C[C@@H]1c1ccccc1)c1ccc2c(c1)OCO2. The summed E-state index contributed by atoms with van der Waals surface area (Å²) < 4.78 is 36.5. The average Bonchev–Trinajstić information content (AvgIpc) is 3.42. The predicted octanol–water partition coefficient (Wildman–Crippen LogP) is 4.34. The summed E-state index contributed by atoms with van der Waals surface area (Å²) >= 11 is 12.1. The van der Waals surface area contributed by atoms with Gasteiger partial charge >= 0.3 is 6.03 Å². The van der Waals surface area contributed by atoms with E-state index in [9.17, 15) is 18.0 Å². The molecule has 1 aliphatic carbocycles. The lowest BCUT2D eigenvalue weighted by molar-refractivity contribution is -0.121. The number of amides is 3. The molecule has 0 radical (unpaired) electrons. The van der Waals surface area contributed by atoms with E-state index in [0.29, 0.717) is 23.6 Å². The van der Waals surface area contributed by atoms with Gasteiger partial charge in [-0.15, -0.1) is 0 Å². The highest BCUT2D eigenvalue weighted by atomic mass is 35.5. The zero-order valence-corrected chi connectivity index (χ0v) is 22.4. The van der Waals surface area contributed by atoms with Crippen LogP contribution in [0.2, 0.25) is 10.0 Å². The monoisotopic (exact) mass is 575 g/mol. The Morgan fingerprint density at radius 3 is 2.39 bits per heavy atom. The lowest BCUT2D eigenvalue weighted by Crippen LogP contribution is -2.54. The van der Waals surface area contributed by atoms with Gasteiger partial charge in [-0.25, -0.2) is 13.2 Å². The number of anilines is 1. The molecule has 2 N–H and O–H groups in total. The van der Waals surface area contributed by atoms with Crippen LogP contribution in [-0.2, 0) is 14.6 Å². The molecule has 9 nitrogen and oxygen atoms in total. The van der Waals surface area contributed by atoms with Crippen LogP contribution in [0.4, 0.5) is 10.5 Å². The van der Waals surface area contributed by atoms with E-state index in [1.807, 2.05) is 30.3 Å². The molecule has 1 aliphatic heterocycles. The Labute approximate surface area is 229 Å². The van der Waals surface area contributed by atoms with Crippen LogP contribution in [0.3, 0.4) is 0 Å². The number of urea groups is 1. The number of carbonyl (C=O) groups is 2. The Bertz CT molecular complexity index is 1500. The van der Waals surface area contributed by atoms with E-state index in [-0.39, 0.29) is 33.6 Å². The zero-order chi connectivity index (χ0) is 27.1. The molecule has 0 spiro atoms. The Balaban J connectivity index is 1.36. The van der Waals surface area contributed by atoms with Crippen molar-refractivity contribution in [3.8, 4) is 11.5 Å². The number of benzene rings is 3. The number of rotatable bonds is 7. The number of fused-ring (bicyclic) bond motifs is 1. The van der Waals surface area contributed by atoms with Crippen LogP contribution >= 0.6 is 23.2 Å². The maximum atomic E-state index is 13.8. The van der Waals surface area contributed by atoms with Gasteiger partial charge in [0.25, 0.3) is 5.91 Å². The van der Waals surface area contributed by atoms with Crippen molar-refractivity contribution in [2.45, 2.75) is 22.8 Å². The van der Waals surface area contributed by atoms with Crippen molar-refractivity contribution >= 4 is 50.7 Å². The van der Waals surface area contributed by atoms with E-state index in [0.717, 1.165) is 5.56 Å². The fraction of sp³-hybridized carbons (Fsp3) is 0.231. The molecule has 3 amide bonds.